The predicted octanol–water partition coefficient (Wildman–Crippen LogP) is 3.17. The van der Waals surface area contributed by atoms with Gasteiger partial charge >= 0.3 is 5.97 Å². The van der Waals surface area contributed by atoms with Crippen molar-refractivity contribution in [2.75, 3.05) is 0 Å². The lowest BCUT2D eigenvalue weighted by molar-refractivity contribution is -0.137. The monoisotopic (exact) mass is 317 g/mol. The molecule has 3 fully saturated rings. The highest BCUT2D eigenvalue weighted by Crippen LogP contribution is 2.45. The average Bonchev–Trinajstić information content (AvgIpc) is 3.32. The van der Waals surface area contributed by atoms with Crippen molar-refractivity contribution >= 4 is 11.9 Å². The molecule has 1 amide bonds. The summed E-state index contributed by atoms with van der Waals surface area (Å²) in [4.78, 5) is 25.5. The maximum atomic E-state index is 13.9. The summed E-state index contributed by atoms with van der Waals surface area (Å²) in [6.45, 7) is 0. The van der Waals surface area contributed by atoms with Gasteiger partial charge in [0.2, 0.25) is 5.91 Å². The smallest absolute Gasteiger partial charge is 0.338 e. The van der Waals surface area contributed by atoms with E-state index >= 15 is 0 Å². The molecule has 2 saturated heterocycles. The molecule has 23 heavy (non-hydrogen) atoms. The van der Waals surface area contributed by atoms with Crippen molar-refractivity contribution in [3.05, 3.63) is 35.1 Å². The molecule has 122 valence electrons. The van der Waals surface area contributed by atoms with Crippen LogP contribution in [-0.2, 0) is 4.79 Å². The molecule has 0 radical (unpaired) electrons. The van der Waals surface area contributed by atoms with Crippen LogP contribution in [0.5, 0.6) is 0 Å². The lowest BCUT2D eigenvalue weighted by atomic mass is 9.84. The lowest BCUT2D eigenvalue weighted by Crippen LogP contribution is -2.46. The summed E-state index contributed by atoms with van der Waals surface area (Å²) >= 11 is 0. The first-order chi connectivity index (χ1) is 11.0. The average molecular weight is 317 g/mol. The number of amides is 1. The number of benzene rings is 1. The molecular weight excluding hydrogens is 297 g/mol. The Bertz CT molecular complexity index is 656. The van der Waals surface area contributed by atoms with Crippen LogP contribution >= 0.6 is 0 Å². The van der Waals surface area contributed by atoms with E-state index in [4.69, 9.17) is 5.11 Å². The summed E-state index contributed by atoms with van der Waals surface area (Å²) in [6, 6.07) is 5.00. The summed E-state index contributed by atoms with van der Waals surface area (Å²) < 4.78 is 13.9. The number of carbonyl (C=O) groups is 2. The van der Waals surface area contributed by atoms with Crippen molar-refractivity contribution in [3.8, 4) is 0 Å². The third-order valence-corrected chi connectivity index (χ3v) is 5.61. The zero-order chi connectivity index (χ0) is 16.1. The SMILES string of the molecule is O=C(O)c1ccc(C2CC3CCC(C2)N3C(=O)C2CC2)cc1F. The van der Waals surface area contributed by atoms with Gasteiger partial charge in [-0.1, -0.05) is 6.07 Å². The van der Waals surface area contributed by atoms with Crippen LogP contribution in [0.3, 0.4) is 0 Å². The number of carbonyl (C=O) groups excluding carboxylic acids is 1. The normalized spacial score (nSPS) is 29.6. The van der Waals surface area contributed by atoms with Gasteiger partial charge in [0.1, 0.15) is 5.82 Å². The zero-order valence-corrected chi connectivity index (χ0v) is 12.9. The predicted molar refractivity (Wildman–Crippen MR) is 81.7 cm³/mol. The first-order valence-electron chi connectivity index (χ1n) is 8.39. The highest BCUT2D eigenvalue weighted by molar-refractivity contribution is 5.88. The summed E-state index contributed by atoms with van der Waals surface area (Å²) in [6.07, 6.45) is 5.85. The molecule has 5 heteroatoms. The number of rotatable bonds is 3. The Morgan fingerprint density at radius 3 is 2.26 bits per heavy atom. The van der Waals surface area contributed by atoms with Crippen LogP contribution in [0.15, 0.2) is 18.2 Å². The van der Waals surface area contributed by atoms with Gasteiger partial charge in [-0.15, -0.1) is 0 Å². The number of piperidine rings is 1. The third kappa shape index (κ3) is 2.52. The van der Waals surface area contributed by atoms with Crippen LogP contribution in [0.25, 0.3) is 0 Å². The molecule has 1 aromatic rings. The second-order valence-electron chi connectivity index (χ2n) is 7.12. The van der Waals surface area contributed by atoms with Gasteiger partial charge in [-0.05, 0) is 62.1 Å². The highest BCUT2D eigenvalue weighted by Gasteiger charge is 2.47. The summed E-state index contributed by atoms with van der Waals surface area (Å²) in [5.74, 6) is -1.11. The van der Waals surface area contributed by atoms with Gasteiger partial charge in [-0.2, -0.15) is 0 Å². The van der Waals surface area contributed by atoms with Gasteiger partial charge in [0.05, 0.1) is 5.56 Å². The minimum atomic E-state index is -1.24. The van der Waals surface area contributed by atoms with Crippen LogP contribution in [0.1, 0.15) is 60.4 Å². The second-order valence-corrected chi connectivity index (χ2v) is 7.12. The minimum absolute atomic E-state index is 0.216. The fraction of sp³-hybridized carbons (Fsp3) is 0.556. The van der Waals surface area contributed by atoms with E-state index in [0.717, 1.165) is 44.1 Å². The van der Waals surface area contributed by atoms with Gasteiger partial charge < -0.3 is 10.0 Å². The Kier molecular flexibility index (Phi) is 3.39. The molecule has 4 rings (SSSR count). The molecule has 2 heterocycles. The zero-order valence-electron chi connectivity index (χ0n) is 12.9. The summed E-state index contributed by atoms with van der Waals surface area (Å²) in [5, 5.41) is 8.93. The van der Waals surface area contributed by atoms with Crippen LogP contribution < -0.4 is 0 Å². The molecule has 2 atom stereocenters. The quantitative estimate of drug-likeness (QED) is 0.931. The number of carboxylic acids is 1. The number of hydrogen-bond donors (Lipinski definition) is 1. The number of halogens is 1. The maximum Gasteiger partial charge on any atom is 0.338 e. The summed E-state index contributed by atoms with van der Waals surface area (Å²) in [7, 11) is 0. The van der Waals surface area contributed by atoms with Gasteiger partial charge in [-0.3, -0.25) is 4.79 Å². The van der Waals surface area contributed by atoms with E-state index in [1.165, 1.54) is 12.1 Å². The first-order valence-corrected chi connectivity index (χ1v) is 8.39. The van der Waals surface area contributed by atoms with Crippen LogP contribution in [-0.4, -0.2) is 34.0 Å². The van der Waals surface area contributed by atoms with Crippen molar-refractivity contribution in [1.29, 1.82) is 0 Å². The first kappa shape index (κ1) is 14.7. The topological polar surface area (TPSA) is 57.6 Å². The van der Waals surface area contributed by atoms with Gasteiger partial charge in [0.25, 0.3) is 0 Å². The molecule has 0 spiro atoms. The number of hydrogen-bond acceptors (Lipinski definition) is 2. The molecule has 0 aromatic heterocycles. The molecule has 4 nitrogen and oxygen atoms in total. The van der Waals surface area contributed by atoms with Crippen LogP contribution in [0.4, 0.5) is 4.39 Å². The molecule has 1 aromatic carbocycles. The standard InChI is InChI=1S/C18H20FNO3/c19-16-9-11(3-6-15(16)18(22)23)12-7-13-4-5-14(8-12)20(13)17(21)10-1-2-10/h3,6,9-10,12-14H,1-2,4-5,7-8H2,(H,22,23). The van der Waals surface area contributed by atoms with Crippen molar-refractivity contribution in [2.45, 2.75) is 56.5 Å². The van der Waals surface area contributed by atoms with Crippen molar-refractivity contribution in [1.82, 2.24) is 4.90 Å². The maximum absolute atomic E-state index is 13.9. The number of nitrogens with zero attached hydrogens (tertiary/aromatic N) is 1. The van der Waals surface area contributed by atoms with E-state index in [9.17, 15) is 14.0 Å². The molecule has 1 N–H and O–H groups in total. The second kappa shape index (κ2) is 5.32. The largest absolute Gasteiger partial charge is 0.478 e. The number of fused-ring (bicyclic) bond motifs is 2. The Hall–Kier alpha value is -1.91. The third-order valence-electron chi connectivity index (χ3n) is 5.61. The summed E-state index contributed by atoms with van der Waals surface area (Å²) in [5.41, 5.74) is 0.584. The molecular formula is C18H20FNO3. The van der Waals surface area contributed by atoms with E-state index in [1.807, 2.05) is 0 Å². The Morgan fingerprint density at radius 2 is 1.74 bits per heavy atom. The van der Waals surface area contributed by atoms with E-state index in [1.54, 1.807) is 6.07 Å². The molecule has 1 aliphatic carbocycles. The Balaban J connectivity index is 1.53. The molecule has 2 unspecified atom stereocenters. The minimum Gasteiger partial charge on any atom is -0.478 e. The van der Waals surface area contributed by atoms with Gasteiger partial charge in [0, 0.05) is 18.0 Å². The van der Waals surface area contributed by atoms with E-state index in [2.05, 4.69) is 4.90 Å². The molecule has 2 bridgehead atoms. The lowest BCUT2D eigenvalue weighted by Gasteiger charge is -2.39. The van der Waals surface area contributed by atoms with E-state index in [0.29, 0.717) is 5.91 Å². The number of carboxylic acid groups (broad SMARTS) is 1. The van der Waals surface area contributed by atoms with E-state index < -0.39 is 11.8 Å². The molecule has 3 aliphatic rings. The fourth-order valence-corrected chi connectivity index (χ4v) is 4.31. The molecule has 1 saturated carbocycles. The van der Waals surface area contributed by atoms with Crippen molar-refractivity contribution < 1.29 is 19.1 Å². The fourth-order valence-electron chi connectivity index (χ4n) is 4.31. The Morgan fingerprint density at radius 1 is 1.09 bits per heavy atom. The molecule has 2 aliphatic heterocycles. The van der Waals surface area contributed by atoms with Gasteiger partial charge in [0.15, 0.2) is 0 Å². The van der Waals surface area contributed by atoms with Crippen LogP contribution in [0, 0.1) is 11.7 Å². The van der Waals surface area contributed by atoms with Gasteiger partial charge in [-0.25, -0.2) is 9.18 Å². The van der Waals surface area contributed by atoms with Crippen molar-refractivity contribution in [3.63, 3.8) is 0 Å². The Labute approximate surface area is 134 Å². The van der Waals surface area contributed by atoms with E-state index in [-0.39, 0.29) is 29.5 Å². The highest BCUT2D eigenvalue weighted by atomic mass is 19.1. The van der Waals surface area contributed by atoms with Crippen LogP contribution in [0.2, 0.25) is 0 Å². The number of aromatic carboxylic acids is 1. The van der Waals surface area contributed by atoms with Crippen molar-refractivity contribution in [2.24, 2.45) is 5.92 Å².